The molecular weight excluding hydrogens is 394 g/mol. The number of hydrogen-bond donors (Lipinski definition) is 2. The summed E-state index contributed by atoms with van der Waals surface area (Å²) in [5, 5.41) is 11.8. The van der Waals surface area contributed by atoms with E-state index < -0.39 is 5.91 Å². The van der Waals surface area contributed by atoms with E-state index in [1.54, 1.807) is 23.9 Å². The van der Waals surface area contributed by atoms with Crippen LogP contribution >= 0.6 is 0 Å². The fourth-order valence-corrected chi connectivity index (χ4v) is 3.55. The van der Waals surface area contributed by atoms with E-state index in [-0.39, 0.29) is 22.0 Å². The molecule has 0 radical (unpaired) electrons. The second-order valence-corrected chi connectivity index (χ2v) is 7.27. The Balaban J connectivity index is 2.00. The SMILES string of the molecule is COCCNC(=O)c1cc2c(=O)n3cccc(C)c3nc2n(Cc2ccccc2)c1=N. The summed E-state index contributed by atoms with van der Waals surface area (Å²) in [5.41, 5.74) is 2.52. The lowest BCUT2D eigenvalue weighted by Gasteiger charge is -2.15. The molecule has 158 valence electrons. The van der Waals surface area contributed by atoms with Crippen LogP contribution in [0.5, 0.6) is 0 Å². The molecule has 1 amide bonds. The van der Waals surface area contributed by atoms with Gasteiger partial charge in [0.1, 0.15) is 16.8 Å². The van der Waals surface area contributed by atoms with E-state index in [9.17, 15) is 9.59 Å². The van der Waals surface area contributed by atoms with Gasteiger partial charge in [0, 0.05) is 19.9 Å². The van der Waals surface area contributed by atoms with E-state index in [0.717, 1.165) is 11.1 Å². The molecule has 0 unspecified atom stereocenters. The third-order valence-electron chi connectivity index (χ3n) is 5.15. The van der Waals surface area contributed by atoms with Crippen LogP contribution in [0.4, 0.5) is 0 Å². The number of ether oxygens (including phenoxy) is 1. The molecule has 4 rings (SSSR count). The second kappa shape index (κ2) is 8.53. The van der Waals surface area contributed by atoms with Crippen molar-refractivity contribution in [3.63, 3.8) is 0 Å². The van der Waals surface area contributed by atoms with Crippen molar-refractivity contribution in [1.29, 1.82) is 5.41 Å². The van der Waals surface area contributed by atoms with Gasteiger partial charge in [0.25, 0.3) is 11.5 Å². The standard InChI is InChI=1S/C23H23N5O3/c1-15-7-6-11-27-20(15)26-21-18(23(27)30)13-17(22(29)25-10-12-31-2)19(24)28(21)14-16-8-4-3-5-9-16/h3-9,11,13,24H,10,12,14H2,1-2H3,(H,25,29). The number of benzene rings is 1. The maximum atomic E-state index is 13.3. The molecule has 0 fully saturated rings. The van der Waals surface area contributed by atoms with Crippen molar-refractivity contribution < 1.29 is 9.53 Å². The monoisotopic (exact) mass is 417 g/mol. The van der Waals surface area contributed by atoms with Crippen LogP contribution < -0.4 is 16.4 Å². The molecule has 0 saturated carbocycles. The molecule has 0 atom stereocenters. The van der Waals surface area contributed by atoms with Gasteiger partial charge in [0.15, 0.2) is 0 Å². The first-order valence-corrected chi connectivity index (χ1v) is 9.92. The van der Waals surface area contributed by atoms with Crippen molar-refractivity contribution in [2.45, 2.75) is 13.5 Å². The maximum Gasteiger partial charge on any atom is 0.267 e. The van der Waals surface area contributed by atoms with Crippen molar-refractivity contribution in [1.82, 2.24) is 19.3 Å². The van der Waals surface area contributed by atoms with Crippen LogP contribution in [0.15, 0.2) is 59.5 Å². The van der Waals surface area contributed by atoms with Gasteiger partial charge in [0.2, 0.25) is 0 Å². The summed E-state index contributed by atoms with van der Waals surface area (Å²) in [7, 11) is 1.55. The van der Waals surface area contributed by atoms with Crippen molar-refractivity contribution in [2.75, 3.05) is 20.3 Å². The molecule has 0 saturated heterocycles. The van der Waals surface area contributed by atoms with Gasteiger partial charge in [-0.1, -0.05) is 36.4 Å². The lowest BCUT2D eigenvalue weighted by molar-refractivity contribution is 0.0934. The molecule has 0 bridgehead atoms. The molecule has 31 heavy (non-hydrogen) atoms. The number of fused-ring (bicyclic) bond motifs is 2. The van der Waals surface area contributed by atoms with Crippen molar-refractivity contribution in [3.05, 3.63) is 87.3 Å². The fraction of sp³-hybridized carbons (Fsp3) is 0.217. The van der Waals surface area contributed by atoms with Gasteiger partial charge in [-0.05, 0) is 30.2 Å². The zero-order valence-electron chi connectivity index (χ0n) is 17.4. The highest BCUT2D eigenvalue weighted by molar-refractivity contribution is 5.96. The third kappa shape index (κ3) is 3.85. The number of nitrogens with zero attached hydrogens (tertiary/aromatic N) is 3. The van der Waals surface area contributed by atoms with Crippen molar-refractivity contribution in [2.24, 2.45) is 0 Å². The Hall–Kier alpha value is -3.78. The lowest BCUT2D eigenvalue weighted by atomic mass is 10.1. The summed E-state index contributed by atoms with van der Waals surface area (Å²) in [5.74, 6) is -0.431. The Morgan fingerprint density at radius 2 is 1.94 bits per heavy atom. The first-order chi connectivity index (χ1) is 15.0. The van der Waals surface area contributed by atoms with Crippen LogP contribution in [-0.4, -0.2) is 40.1 Å². The highest BCUT2D eigenvalue weighted by Crippen LogP contribution is 2.14. The highest BCUT2D eigenvalue weighted by atomic mass is 16.5. The van der Waals surface area contributed by atoms with Gasteiger partial charge in [0.05, 0.1) is 24.1 Å². The van der Waals surface area contributed by atoms with Crippen LogP contribution in [0.1, 0.15) is 21.5 Å². The maximum absolute atomic E-state index is 13.3. The number of aromatic nitrogens is 3. The van der Waals surface area contributed by atoms with Gasteiger partial charge in [-0.15, -0.1) is 0 Å². The van der Waals surface area contributed by atoms with Crippen LogP contribution in [0, 0.1) is 12.3 Å². The summed E-state index contributed by atoms with van der Waals surface area (Å²) in [6.07, 6.45) is 1.66. The first kappa shape index (κ1) is 20.5. The predicted molar refractivity (Wildman–Crippen MR) is 117 cm³/mol. The average molecular weight is 417 g/mol. The molecule has 0 aliphatic rings. The van der Waals surface area contributed by atoms with E-state index >= 15 is 0 Å². The summed E-state index contributed by atoms with van der Waals surface area (Å²) < 4.78 is 8.07. The Morgan fingerprint density at radius 1 is 1.16 bits per heavy atom. The number of methoxy groups -OCH3 is 1. The Kier molecular flexibility index (Phi) is 5.64. The van der Waals surface area contributed by atoms with Crippen LogP contribution in [0.2, 0.25) is 0 Å². The van der Waals surface area contributed by atoms with Gasteiger partial charge < -0.3 is 14.6 Å². The number of carbonyl (C=O) groups excluding carboxylic acids is 1. The minimum atomic E-state index is -0.431. The fourth-order valence-electron chi connectivity index (χ4n) is 3.55. The van der Waals surface area contributed by atoms with Crippen LogP contribution in [0.25, 0.3) is 16.7 Å². The molecule has 8 nitrogen and oxygen atoms in total. The number of hydrogen-bond acceptors (Lipinski definition) is 5. The number of amides is 1. The minimum Gasteiger partial charge on any atom is -0.383 e. The van der Waals surface area contributed by atoms with Crippen molar-refractivity contribution in [3.8, 4) is 0 Å². The lowest BCUT2D eigenvalue weighted by Crippen LogP contribution is -2.36. The minimum absolute atomic E-state index is 0.00361. The number of aryl methyl sites for hydroxylation is 1. The van der Waals surface area contributed by atoms with Gasteiger partial charge in [-0.2, -0.15) is 0 Å². The average Bonchev–Trinajstić information content (AvgIpc) is 2.77. The zero-order chi connectivity index (χ0) is 22.0. The highest BCUT2D eigenvalue weighted by Gasteiger charge is 2.18. The number of pyridine rings is 2. The first-order valence-electron chi connectivity index (χ1n) is 9.92. The largest absolute Gasteiger partial charge is 0.383 e. The molecule has 1 aromatic carbocycles. The van der Waals surface area contributed by atoms with E-state index in [2.05, 4.69) is 5.32 Å². The molecule has 4 aromatic rings. The van der Waals surface area contributed by atoms with E-state index in [1.165, 1.54) is 10.5 Å². The Bertz CT molecular complexity index is 1390. The smallest absolute Gasteiger partial charge is 0.267 e. The molecule has 3 aromatic heterocycles. The van der Waals surface area contributed by atoms with Crippen LogP contribution in [-0.2, 0) is 11.3 Å². The number of nitrogens with one attached hydrogen (secondary N) is 2. The zero-order valence-corrected chi connectivity index (χ0v) is 17.4. The Labute approximate surface area is 178 Å². The van der Waals surface area contributed by atoms with Gasteiger partial charge in [-0.3, -0.25) is 19.4 Å². The van der Waals surface area contributed by atoms with Gasteiger partial charge >= 0.3 is 0 Å². The summed E-state index contributed by atoms with van der Waals surface area (Å²) in [4.78, 5) is 30.8. The normalized spacial score (nSPS) is 11.2. The molecule has 0 spiro atoms. The molecular formula is C23H23N5O3. The third-order valence-corrected chi connectivity index (χ3v) is 5.15. The van der Waals surface area contributed by atoms with E-state index in [4.69, 9.17) is 15.1 Å². The second-order valence-electron chi connectivity index (χ2n) is 7.27. The molecule has 8 heteroatoms. The molecule has 3 heterocycles. The van der Waals surface area contributed by atoms with Gasteiger partial charge in [-0.25, -0.2) is 4.98 Å². The van der Waals surface area contributed by atoms with E-state index in [0.29, 0.717) is 31.0 Å². The number of carbonyl (C=O) groups is 1. The molecule has 0 aliphatic carbocycles. The van der Waals surface area contributed by atoms with E-state index in [1.807, 2.05) is 43.3 Å². The number of rotatable bonds is 6. The predicted octanol–water partition coefficient (Wildman–Crippen LogP) is 1.86. The summed E-state index contributed by atoms with van der Waals surface area (Å²) >= 11 is 0. The Morgan fingerprint density at radius 3 is 2.68 bits per heavy atom. The summed E-state index contributed by atoms with van der Waals surface area (Å²) in [6, 6.07) is 14.7. The molecule has 0 aliphatic heterocycles. The summed E-state index contributed by atoms with van der Waals surface area (Å²) in [6.45, 7) is 2.85. The van der Waals surface area contributed by atoms with Crippen LogP contribution in [0.3, 0.4) is 0 Å². The quantitative estimate of drug-likeness (QED) is 0.369. The molecule has 2 N–H and O–H groups in total. The van der Waals surface area contributed by atoms with Crippen molar-refractivity contribution >= 4 is 22.6 Å². The topological polar surface area (TPSA) is 101 Å².